The summed E-state index contributed by atoms with van der Waals surface area (Å²) in [5.74, 6) is 2.57. The molecule has 1 aromatic rings. The van der Waals surface area contributed by atoms with Crippen molar-refractivity contribution in [3.8, 4) is 12.3 Å². The molecule has 0 aromatic heterocycles. The number of hydrogen-bond acceptors (Lipinski definition) is 3. The van der Waals surface area contributed by atoms with Crippen LogP contribution < -0.4 is 5.32 Å². The Morgan fingerprint density at radius 3 is 2.73 bits per heavy atom. The van der Waals surface area contributed by atoms with Crippen LogP contribution >= 0.6 is 0 Å². The predicted octanol–water partition coefficient (Wildman–Crippen LogP) is 4.89. The highest BCUT2D eigenvalue weighted by molar-refractivity contribution is 5.76. The Kier molecular flexibility index (Phi) is 8.37. The van der Waals surface area contributed by atoms with E-state index in [-0.39, 0.29) is 6.04 Å². The molecule has 1 rings (SSSR count). The first kappa shape index (κ1) is 21.2. The molecule has 0 fully saturated rings. The van der Waals surface area contributed by atoms with Crippen LogP contribution in [0.25, 0.3) is 5.57 Å². The minimum Gasteiger partial charge on any atom is -0.444 e. The highest BCUT2D eigenvalue weighted by atomic mass is 16.6. The van der Waals surface area contributed by atoms with Gasteiger partial charge in [0, 0.05) is 6.21 Å². The maximum atomic E-state index is 11.8. The van der Waals surface area contributed by atoms with E-state index in [2.05, 4.69) is 17.3 Å². The summed E-state index contributed by atoms with van der Waals surface area (Å²) in [4.78, 5) is 11.8. The SMILES string of the molecule is C#C/C=C(\C=C/CC[C@@H](C=N)NC(=O)OC(C)(C)C)c1cccc(C)c1. The molecule has 2 N–H and O–H groups in total. The zero-order chi connectivity index (χ0) is 19.6. The molecule has 0 aliphatic carbocycles. The molecule has 1 atom stereocenters. The summed E-state index contributed by atoms with van der Waals surface area (Å²) in [6, 6.07) is 7.77. The molecule has 0 aliphatic rings. The van der Waals surface area contributed by atoms with Crippen LogP contribution in [0.15, 0.2) is 42.5 Å². The monoisotopic (exact) mass is 352 g/mol. The van der Waals surface area contributed by atoms with Crippen LogP contribution in [-0.4, -0.2) is 24.0 Å². The fraction of sp³-hybridized carbons (Fsp3) is 0.364. The molecule has 0 radical (unpaired) electrons. The molecule has 0 heterocycles. The van der Waals surface area contributed by atoms with Gasteiger partial charge in [0.2, 0.25) is 0 Å². The van der Waals surface area contributed by atoms with Gasteiger partial charge in [0.05, 0.1) is 6.04 Å². The molecular formula is C22H28N2O2. The first-order chi connectivity index (χ1) is 12.2. The second-order valence-electron chi connectivity index (χ2n) is 7.03. The van der Waals surface area contributed by atoms with Crippen molar-refractivity contribution in [2.75, 3.05) is 0 Å². The lowest BCUT2D eigenvalue weighted by molar-refractivity contribution is 0.0517. The van der Waals surface area contributed by atoms with Crippen molar-refractivity contribution in [1.29, 1.82) is 5.41 Å². The van der Waals surface area contributed by atoms with E-state index in [4.69, 9.17) is 16.6 Å². The van der Waals surface area contributed by atoms with Gasteiger partial charge in [0.25, 0.3) is 0 Å². The van der Waals surface area contributed by atoms with E-state index < -0.39 is 11.7 Å². The standard InChI is InChI=1S/C22H28N2O2/c1-6-10-18(19-13-9-11-17(2)15-19)12-7-8-14-20(16-23)24-21(25)26-22(3,4)5/h1,7,9-13,15-16,20,23H,8,14H2,2-5H3,(H,24,25)/b12-7-,18-10+,23-16?/t20-/m0/s1. The maximum Gasteiger partial charge on any atom is 0.408 e. The van der Waals surface area contributed by atoms with E-state index in [1.807, 2.05) is 37.3 Å². The van der Waals surface area contributed by atoms with Gasteiger partial charge < -0.3 is 15.5 Å². The quantitative estimate of drug-likeness (QED) is 0.417. The van der Waals surface area contributed by atoms with Gasteiger partial charge in [-0.15, -0.1) is 6.42 Å². The van der Waals surface area contributed by atoms with Gasteiger partial charge in [-0.3, -0.25) is 0 Å². The van der Waals surface area contributed by atoms with E-state index in [1.54, 1.807) is 26.8 Å². The van der Waals surface area contributed by atoms with Crippen LogP contribution in [0.4, 0.5) is 4.79 Å². The summed E-state index contributed by atoms with van der Waals surface area (Å²) in [7, 11) is 0. The predicted molar refractivity (Wildman–Crippen MR) is 108 cm³/mol. The van der Waals surface area contributed by atoms with Crippen molar-refractivity contribution in [3.05, 3.63) is 53.6 Å². The molecule has 0 unspecified atom stereocenters. The molecule has 0 aliphatic heterocycles. The van der Waals surface area contributed by atoms with Gasteiger partial charge >= 0.3 is 6.09 Å². The number of ether oxygens (including phenoxy) is 1. The zero-order valence-corrected chi connectivity index (χ0v) is 16.0. The Hall–Kier alpha value is -2.80. The lowest BCUT2D eigenvalue weighted by atomic mass is 10.0. The summed E-state index contributed by atoms with van der Waals surface area (Å²) >= 11 is 0. The Morgan fingerprint density at radius 1 is 1.42 bits per heavy atom. The number of allylic oxidation sites excluding steroid dienone is 4. The van der Waals surface area contributed by atoms with Crippen LogP contribution in [0.3, 0.4) is 0 Å². The van der Waals surface area contributed by atoms with E-state index in [0.29, 0.717) is 12.8 Å². The van der Waals surface area contributed by atoms with Gasteiger partial charge in [0.1, 0.15) is 5.60 Å². The van der Waals surface area contributed by atoms with Crippen LogP contribution in [-0.2, 0) is 4.74 Å². The fourth-order valence-corrected chi connectivity index (χ4v) is 2.28. The van der Waals surface area contributed by atoms with Gasteiger partial charge in [0.15, 0.2) is 0 Å². The van der Waals surface area contributed by atoms with E-state index in [1.165, 1.54) is 11.8 Å². The molecule has 0 saturated heterocycles. The first-order valence-electron chi connectivity index (χ1n) is 8.65. The highest BCUT2D eigenvalue weighted by Crippen LogP contribution is 2.17. The van der Waals surface area contributed by atoms with Gasteiger partial charge in [-0.2, -0.15) is 0 Å². The number of hydrogen-bond donors (Lipinski definition) is 2. The number of terminal acetylenes is 1. The molecule has 1 aromatic carbocycles. The Morgan fingerprint density at radius 2 is 2.15 bits per heavy atom. The van der Waals surface area contributed by atoms with E-state index in [0.717, 1.165) is 11.1 Å². The van der Waals surface area contributed by atoms with E-state index >= 15 is 0 Å². The van der Waals surface area contributed by atoms with Crippen LogP contribution in [0.5, 0.6) is 0 Å². The number of nitrogens with one attached hydrogen (secondary N) is 2. The number of alkyl carbamates (subject to hydrolysis) is 1. The summed E-state index contributed by atoms with van der Waals surface area (Å²) in [6.45, 7) is 7.45. The highest BCUT2D eigenvalue weighted by Gasteiger charge is 2.18. The molecule has 0 spiro atoms. The van der Waals surface area contributed by atoms with Crippen LogP contribution in [0.2, 0.25) is 0 Å². The summed E-state index contributed by atoms with van der Waals surface area (Å²) in [5, 5.41) is 10.2. The summed E-state index contributed by atoms with van der Waals surface area (Å²) in [6.07, 6.45) is 13.2. The number of carbonyl (C=O) groups excluding carboxylic acids is 1. The van der Waals surface area contributed by atoms with Gasteiger partial charge in [-0.1, -0.05) is 47.9 Å². The minimum atomic E-state index is -0.556. The second kappa shape index (κ2) is 10.2. The average Bonchev–Trinajstić information content (AvgIpc) is 2.54. The summed E-state index contributed by atoms with van der Waals surface area (Å²) in [5.41, 5.74) is 2.64. The molecule has 26 heavy (non-hydrogen) atoms. The third kappa shape index (κ3) is 8.34. The minimum absolute atomic E-state index is 0.367. The van der Waals surface area contributed by atoms with Crippen molar-refractivity contribution in [2.45, 2.75) is 52.2 Å². The number of benzene rings is 1. The zero-order valence-electron chi connectivity index (χ0n) is 16.0. The molecule has 4 heteroatoms. The number of carbonyl (C=O) groups is 1. The van der Waals surface area contributed by atoms with E-state index in [9.17, 15) is 4.79 Å². The number of aryl methyl sites for hydroxylation is 1. The van der Waals surface area contributed by atoms with Crippen LogP contribution in [0, 0.1) is 24.7 Å². The normalized spacial score (nSPS) is 13.1. The summed E-state index contributed by atoms with van der Waals surface area (Å²) < 4.78 is 5.21. The third-order valence-corrected chi connectivity index (χ3v) is 3.44. The molecule has 138 valence electrons. The fourth-order valence-electron chi connectivity index (χ4n) is 2.28. The average molecular weight is 352 g/mol. The lowest BCUT2D eigenvalue weighted by Gasteiger charge is -2.21. The van der Waals surface area contributed by atoms with Crippen molar-refractivity contribution in [3.63, 3.8) is 0 Å². The third-order valence-electron chi connectivity index (χ3n) is 3.44. The largest absolute Gasteiger partial charge is 0.444 e. The topological polar surface area (TPSA) is 62.2 Å². The molecule has 1 amide bonds. The Bertz CT molecular complexity index is 718. The number of rotatable bonds is 7. The maximum absolute atomic E-state index is 11.8. The van der Waals surface area contributed by atoms with Gasteiger partial charge in [-0.25, -0.2) is 4.79 Å². The van der Waals surface area contributed by atoms with Crippen molar-refractivity contribution < 1.29 is 9.53 Å². The van der Waals surface area contributed by atoms with Gasteiger partial charge in [-0.05, 0) is 57.7 Å². The molecule has 4 nitrogen and oxygen atoms in total. The molecular weight excluding hydrogens is 324 g/mol. The molecule has 0 bridgehead atoms. The molecule has 0 saturated carbocycles. The Labute approximate surface area is 156 Å². The van der Waals surface area contributed by atoms with Crippen molar-refractivity contribution >= 4 is 17.9 Å². The van der Waals surface area contributed by atoms with Crippen molar-refractivity contribution in [2.24, 2.45) is 0 Å². The smallest absolute Gasteiger partial charge is 0.408 e. The second-order valence-corrected chi connectivity index (χ2v) is 7.03. The first-order valence-corrected chi connectivity index (χ1v) is 8.65. The lowest BCUT2D eigenvalue weighted by Crippen LogP contribution is -2.39. The number of amides is 1. The van der Waals surface area contributed by atoms with Crippen molar-refractivity contribution in [1.82, 2.24) is 5.32 Å². The van der Waals surface area contributed by atoms with Crippen LogP contribution in [0.1, 0.15) is 44.7 Å². The Balaban J connectivity index is 2.62.